The molecule has 1 aliphatic heterocycles. The van der Waals surface area contributed by atoms with Crippen LogP contribution in [0, 0.1) is 5.82 Å². The van der Waals surface area contributed by atoms with Crippen LogP contribution in [0.4, 0.5) is 4.39 Å². The smallest absolute Gasteiger partial charge is 0.320 e. The minimum Gasteiger partial charge on any atom is -0.497 e. The number of likely N-dealkylation sites (tertiary alicyclic amines) is 1. The second-order valence-electron chi connectivity index (χ2n) is 6.65. The highest BCUT2D eigenvalue weighted by atomic mass is 19.1. The van der Waals surface area contributed by atoms with Gasteiger partial charge in [0.05, 0.1) is 20.3 Å². The van der Waals surface area contributed by atoms with Gasteiger partial charge in [-0.3, -0.25) is 9.69 Å². The first-order valence-corrected chi connectivity index (χ1v) is 9.01. The first-order chi connectivity index (χ1) is 13.0. The third kappa shape index (κ3) is 4.06. The van der Waals surface area contributed by atoms with Crippen LogP contribution in [0.3, 0.4) is 0 Å². The van der Waals surface area contributed by atoms with E-state index in [0.717, 1.165) is 24.0 Å². The van der Waals surface area contributed by atoms with Gasteiger partial charge in [-0.25, -0.2) is 4.39 Å². The van der Waals surface area contributed by atoms with Crippen LogP contribution in [0.1, 0.15) is 36.4 Å². The van der Waals surface area contributed by atoms with Crippen molar-refractivity contribution in [1.29, 1.82) is 0 Å². The van der Waals surface area contributed by atoms with E-state index >= 15 is 0 Å². The van der Waals surface area contributed by atoms with Gasteiger partial charge in [0.15, 0.2) is 0 Å². The number of aliphatic carboxylic acids is 1. The molecule has 0 aliphatic carbocycles. The van der Waals surface area contributed by atoms with Gasteiger partial charge in [-0.15, -0.1) is 0 Å². The summed E-state index contributed by atoms with van der Waals surface area (Å²) < 4.78 is 24.4. The standard InChI is InChI=1S/C21H24FNO4/c1-26-16-10-11-19(27-2)17(13-16)20(14-6-8-15(22)9-7-14)23-12-4-3-5-18(23)21(24)25/h6-11,13,18,20H,3-5,12H2,1-2H3,(H,24,25). The molecule has 6 heteroatoms. The quantitative estimate of drug-likeness (QED) is 0.833. The van der Waals surface area contributed by atoms with Gasteiger partial charge in [-0.1, -0.05) is 18.6 Å². The van der Waals surface area contributed by atoms with Crippen molar-refractivity contribution in [3.8, 4) is 11.5 Å². The molecule has 0 saturated carbocycles. The Bertz CT molecular complexity index is 793. The number of nitrogens with zero attached hydrogens (tertiary/aromatic N) is 1. The van der Waals surface area contributed by atoms with Crippen LogP contribution in [-0.4, -0.2) is 42.8 Å². The molecule has 1 N–H and O–H groups in total. The van der Waals surface area contributed by atoms with Crippen LogP contribution < -0.4 is 9.47 Å². The Morgan fingerprint density at radius 3 is 2.52 bits per heavy atom. The lowest BCUT2D eigenvalue weighted by molar-refractivity contribution is -0.145. The lowest BCUT2D eigenvalue weighted by atomic mass is 9.91. The Hall–Kier alpha value is -2.60. The van der Waals surface area contributed by atoms with Crippen molar-refractivity contribution in [2.24, 2.45) is 0 Å². The molecule has 5 nitrogen and oxygen atoms in total. The lowest BCUT2D eigenvalue weighted by Crippen LogP contribution is -2.46. The highest BCUT2D eigenvalue weighted by molar-refractivity contribution is 5.74. The highest BCUT2D eigenvalue weighted by Crippen LogP contribution is 2.40. The number of piperidine rings is 1. The summed E-state index contributed by atoms with van der Waals surface area (Å²) in [7, 11) is 3.16. The Morgan fingerprint density at radius 2 is 1.89 bits per heavy atom. The van der Waals surface area contributed by atoms with Crippen molar-refractivity contribution in [3.05, 3.63) is 59.4 Å². The molecule has 144 valence electrons. The van der Waals surface area contributed by atoms with Crippen LogP contribution in [0.15, 0.2) is 42.5 Å². The Morgan fingerprint density at radius 1 is 1.15 bits per heavy atom. The van der Waals surface area contributed by atoms with Gasteiger partial charge >= 0.3 is 5.97 Å². The number of benzene rings is 2. The topological polar surface area (TPSA) is 59.0 Å². The zero-order valence-electron chi connectivity index (χ0n) is 15.5. The van der Waals surface area contributed by atoms with Crippen molar-refractivity contribution in [3.63, 3.8) is 0 Å². The summed E-state index contributed by atoms with van der Waals surface area (Å²) in [6.07, 6.45) is 2.37. The molecule has 0 bridgehead atoms. The molecule has 1 aliphatic rings. The maximum Gasteiger partial charge on any atom is 0.320 e. The van der Waals surface area contributed by atoms with Crippen molar-refractivity contribution in [2.75, 3.05) is 20.8 Å². The summed E-state index contributed by atoms with van der Waals surface area (Å²) in [5, 5.41) is 9.77. The van der Waals surface area contributed by atoms with E-state index in [9.17, 15) is 14.3 Å². The molecule has 1 saturated heterocycles. The fourth-order valence-electron chi connectivity index (χ4n) is 3.78. The van der Waals surface area contributed by atoms with E-state index in [1.54, 1.807) is 32.4 Å². The Balaban J connectivity index is 2.16. The van der Waals surface area contributed by atoms with E-state index in [4.69, 9.17) is 9.47 Å². The Labute approximate surface area is 158 Å². The van der Waals surface area contributed by atoms with E-state index < -0.39 is 12.0 Å². The van der Waals surface area contributed by atoms with Gasteiger partial charge in [0.1, 0.15) is 23.4 Å². The molecule has 27 heavy (non-hydrogen) atoms. The molecule has 0 radical (unpaired) electrons. The maximum absolute atomic E-state index is 13.5. The number of hydrogen-bond acceptors (Lipinski definition) is 4. The second-order valence-corrected chi connectivity index (χ2v) is 6.65. The monoisotopic (exact) mass is 373 g/mol. The molecule has 2 atom stereocenters. The molecule has 3 rings (SSSR count). The minimum atomic E-state index is -0.844. The van der Waals surface area contributed by atoms with E-state index in [-0.39, 0.29) is 11.9 Å². The predicted molar refractivity (Wildman–Crippen MR) is 99.8 cm³/mol. The molecule has 0 aromatic heterocycles. The van der Waals surface area contributed by atoms with E-state index in [2.05, 4.69) is 0 Å². The van der Waals surface area contributed by atoms with Gasteiger partial charge in [-0.2, -0.15) is 0 Å². The van der Waals surface area contributed by atoms with Crippen molar-refractivity contribution in [1.82, 2.24) is 4.90 Å². The first-order valence-electron chi connectivity index (χ1n) is 9.01. The van der Waals surface area contributed by atoms with Crippen LogP contribution in [0.25, 0.3) is 0 Å². The predicted octanol–water partition coefficient (Wildman–Crippen LogP) is 3.87. The fourth-order valence-corrected chi connectivity index (χ4v) is 3.78. The number of carbonyl (C=O) groups is 1. The molecule has 0 amide bonds. The van der Waals surface area contributed by atoms with Crippen LogP contribution in [0.2, 0.25) is 0 Å². The van der Waals surface area contributed by atoms with Gasteiger partial charge < -0.3 is 14.6 Å². The first kappa shape index (κ1) is 19.2. The zero-order chi connectivity index (χ0) is 19.4. The summed E-state index contributed by atoms with van der Waals surface area (Å²) in [4.78, 5) is 13.9. The summed E-state index contributed by atoms with van der Waals surface area (Å²) >= 11 is 0. The van der Waals surface area contributed by atoms with Crippen LogP contribution in [-0.2, 0) is 4.79 Å². The average molecular weight is 373 g/mol. The summed E-state index contributed by atoms with van der Waals surface area (Å²) in [5.74, 6) is 0.119. The van der Waals surface area contributed by atoms with Crippen LogP contribution >= 0.6 is 0 Å². The maximum atomic E-state index is 13.5. The number of hydrogen-bond donors (Lipinski definition) is 1. The van der Waals surface area contributed by atoms with Gasteiger partial charge in [0.2, 0.25) is 0 Å². The number of halogens is 1. The third-order valence-corrected chi connectivity index (χ3v) is 5.08. The van der Waals surface area contributed by atoms with Gasteiger partial charge in [0, 0.05) is 5.56 Å². The number of ether oxygens (including phenoxy) is 2. The normalized spacial score (nSPS) is 18.7. The molecule has 2 unspecified atom stereocenters. The number of carboxylic acids is 1. The van der Waals surface area contributed by atoms with Gasteiger partial charge in [0.25, 0.3) is 0 Å². The Kier molecular flexibility index (Phi) is 5.96. The SMILES string of the molecule is COc1ccc(OC)c(C(c2ccc(F)cc2)N2CCCCC2C(=O)O)c1. The lowest BCUT2D eigenvalue weighted by Gasteiger charge is -2.40. The molecule has 1 fully saturated rings. The molecule has 2 aromatic rings. The third-order valence-electron chi connectivity index (χ3n) is 5.08. The van der Waals surface area contributed by atoms with E-state index in [1.165, 1.54) is 12.1 Å². The molecule has 1 heterocycles. The molecular formula is C21H24FNO4. The van der Waals surface area contributed by atoms with Crippen molar-refractivity contribution >= 4 is 5.97 Å². The molecular weight excluding hydrogens is 349 g/mol. The van der Waals surface area contributed by atoms with Gasteiger partial charge in [-0.05, 0) is 55.3 Å². The largest absolute Gasteiger partial charge is 0.497 e. The number of methoxy groups -OCH3 is 2. The van der Waals surface area contributed by atoms with Crippen molar-refractivity contribution in [2.45, 2.75) is 31.3 Å². The summed E-state index contributed by atoms with van der Waals surface area (Å²) in [5.41, 5.74) is 1.62. The van der Waals surface area contributed by atoms with E-state index in [1.807, 2.05) is 17.0 Å². The molecule has 2 aromatic carbocycles. The summed E-state index contributed by atoms with van der Waals surface area (Å²) in [6, 6.07) is 10.7. The second kappa shape index (κ2) is 8.39. The van der Waals surface area contributed by atoms with E-state index in [0.29, 0.717) is 24.5 Å². The molecule has 0 spiro atoms. The summed E-state index contributed by atoms with van der Waals surface area (Å²) in [6.45, 7) is 0.638. The van der Waals surface area contributed by atoms with Crippen molar-refractivity contribution < 1.29 is 23.8 Å². The van der Waals surface area contributed by atoms with Crippen LogP contribution in [0.5, 0.6) is 11.5 Å². The fraction of sp³-hybridized carbons (Fsp3) is 0.381. The average Bonchev–Trinajstić information content (AvgIpc) is 2.69. The number of rotatable bonds is 6. The zero-order valence-corrected chi connectivity index (χ0v) is 15.5. The number of carboxylic acid groups (broad SMARTS) is 1. The minimum absolute atomic E-state index is 0.330. The highest BCUT2D eigenvalue weighted by Gasteiger charge is 2.36.